The van der Waals surface area contributed by atoms with E-state index < -0.39 is 28.1 Å². The number of sulfonamides is 1. The molecule has 0 radical (unpaired) electrons. The molecule has 0 spiro atoms. The van der Waals surface area contributed by atoms with E-state index in [1.54, 1.807) is 23.5 Å². The third kappa shape index (κ3) is 4.58. The molecule has 0 bridgehead atoms. The molecule has 0 amide bonds. The average Bonchev–Trinajstić information content (AvgIpc) is 3.48. The van der Waals surface area contributed by atoms with Gasteiger partial charge in [-0.05, 0) is 48.6 Å². The molecule has 1 aliphatic rings. The van der Waals surface area contributed by atoms with Crippen LogP contribution in [0.25, 0.3) is 10.6 Å². The molecular weight excluding hydrogens is 456 g/mol. The van der Waals surface area contributed by atoms with Gasteiger partial charge in [0.2, 0.25) is 10.0 Å². The SMILES string of the molecule is Cc1ccc(S(=O)(=O)N2CC(O)C[C@H]2C(=O)OCc2csc(-c3ccsc3)n2)cc1C. The van der Waals surface area contributed by atoms with Crippen molar-refractivity contribution in [1.29, 1.82) is 0 Å². The number of aliphatic hydroxyl groups excluding tert-OH is 1. The van der Waals surface area contributed by atoms with Crippen LogP contribution < -0.4 is 0 Å². The topological polar surface area (TPSA) is 96.8 Å². The minimum Gasteiger partial charge on any atom is -0.458 e. The number of rotatable bonds is 6. The molecule has 3 heterocycles. The highest BCUT2D eigenvalue weighted by Gasteiger charge is 2.44. The van der Waals surface area contributed by atoms with Crippen LogP contribution in [0.4, 0.5) is 0 Å². The van der Waals surface area contributed by atoms with Crippen LogP contribution in [-0.2, 0) is 26.2 Å². The zero-order valence-corrected chi connectivity index (χ0v) is 19.5. The molecule has 10 heteroatoms. The Morgan fingerprint density at radius 2 is 2.06 bits per heavy atom. The van der Waals surface area contributed by atoms with Crippen LogP contribution in [0.15, 0.2) is 45.3 Å². The number of esters is 1. The molecule has 1 saturated heterocycles. The number of aliphatic hydroxyl groups is 1. The first-order valence-corrected chi connectivity index (χ1v) is 12.9. The lowest BCUT2D eigenvalue weighted by atomic mass is 10.1. The fourth-order valence-electron chi connectivity index (χ4n) is 3.41. The Kier molecular flexibility index (Phi) is 6.27. The van der Waals surface area contributed by atoms with Gasteiger partial charge in [0.15, 0.2) is 0 Å². The summed E-state index contributed by atoms with van der Waals surface area (Å²) < 4.78 is 32.8. The smallest absolute Gasteiger partial charge is 0.324 e. The van der Waals surface area contributed by atoms with Crippen molar-refractivity contribution in [3.05, 3.63) is 57.2 Å². The Morgan fingerprint density at radius 3 is 2.77 bits per heavy atom. The number of thiazole rings is 1. The molecule has 1 aromatic carbocycles. The van der Waals surface area contributed by atoms with Gasteiger partial charge in [-0.1, -0.05) is 6.07 Å². The highest BCUT2D eigenvalue weighted by molar-refractivity contribution is 7.89. The Labute approximate surface area is 189 Å². The second kappa shape index (κ2) is 8.79. The highest BCUT2D eigenvalue weighted by Crippen LogP contribution is 2.29. The summed E-state index contributed by atoms with van der Waals surface area (Å²) in [5, 5.41) is 16.7. The molecule has 1 N–H and O–H groups in total. The zero-order chi connectivity index (χ0) is 22.2. The molecule has 164 valence electrons. The number of β-amino-alcohol motifs (C(OH)–C–C–N with tert-alkyl or cyclic N) is 1. The van der Waals surface area contributed by atoms with Gasteiger partial charge in [-0.15, -0.1) is 11.3 Å². The molecule has 3 aromatic rings. The molecule has 4 rings (SSSR count). The third-order valence-electron chi connectivity index (χ3n) is 5.27. The van der Waals surface area contributed by atoms with Gasteiger partial charge in [0.1, 0.15) is 17.7 Å². The maximum atomic E-state index is 13.2. The lowest BCUT2D eigenvalue weighted by molar-refractivity contribution is -0.149. The standard InChI is InChI=1S/C21H22N2O5S3/c1-13-3-4-18(7-14(13)2)31(26,27)23-9-17(24)8-19(23)21(25)28-10-16-12-30-20(22-16)15-5-6-29-11-15/h3-7,11-12,17,19,24H,8-10H2,1-2H3/t17?,19-/m0/s1. The summed E-state index contributed by atoms with van der Waals surface area (Å²) in [6, 6.07) is 5.73. The van der Waals surface area contributed by atoms with E-state index in [0.717, 1.165) is 26.0 Å². The van der Waals surface area contributed by atoms with Crippen molar-refractivity contribution < 1.29 is 23.1 Å². The molecule has 7 nitrogen and oxygen atoms in total. The first-order chi connectivity index (χ1) is 14.8. The van der Waals surface area contributed by atoms with E-state index in [0.29, 0.717) is 5.69 Å². The number of ether oxygens (including phenoxy) is 1. The van der Waals surface area contributed by atoms with E-state index in [2.05, 4.69) is 4.98 Å². The molecular formula is C21H22N2O5S3. The number of thiophene rings is 1. The molecule has 1 unspecified atom stereocenters. The average molecular weight is 479 g/mol. The van der Waals surface area contributed by atoms with Gasteiger partial charge in [0.05, 0.1) is 16.7 Å². The predicted molar refractivity (Wildman–Crippen MR) is 119 cm³/mol. The van der Waals surface area contributed by atoms with Crippen molar-refractivity contribution >= 4 is 38.7 Å². The van der Waals surface area contributed by atoms with Gasteiger partial charge < -0.3 is 9.84 Å². The van der Waals surface area contributed by atoms with E-state index in [1.165, 1.54) is 17.4 Å². The molecule has 2 atom stereocenters. The molecule has 1 fully saturated rings. The molecule has 1 aliphatic heterocycles. The number of hydrogen-bond donors (Lipinski definition) is 1. The summed E-state index contributed by atoms with van der Waals surface area (Å²) in [4.78, 5) is 17.3. The van der Waals surface area contributed by atoms with E-state index in [9.17, 15) is 18.3 Å². The number of hydrogen-bond acceptors (Lipinski definition) is 8. The van der Waals surface area contributed by atoms with Crippen molar-refractivity contribution in [2.75, 3.05) is 6.54 Å². The Bertz CT molecular complexity index is 1190. The van der Waals surface area contributed by atoms with Crippen molar-refractivity contribution in [2.24, 2.45) is 0 Å². The van der Waals surface area contributed by atoms with Gasteiger partial charge in [-0.3, -0.25) is 4.79 Å². The lowest BCUT2D eigenvalue weighted by Crippen LogP contribution is -2.41. The number of aromatic nitrogens is 1. The van der Waals surface area contributed by atoms with Crippen LogP contribution in [0, 0.1) is 13.8 Å². The quantitative estimate of drug-likeness (QED) is 0.546. The minimum absolute atomic E-state index is 0.000125. The van der Waals surface area contributed by atoms with Gasteiger partial charge in [-0.2, -0.15) is 15.6 Å². The summed E-state index contributed by atoms with van der Waals surface area (Å²) in [6.07, 6.45) is -0.927. The van der Waals surface area contributed by atoms with Crippen molar-refractivity contribution in [1.82, 2.24) is 9.29 Å². The third-order valence-corrected chi connectivity index (χ3v) is 8.77. The normalized spacial score (nSPS) is 19.6. The highest BCUT2D eigenvalue weighted by atomic mass is 32.2. The second-order valence-corrected chi connectivity index (χ2v) is 11.0. The number of aryl methyl sites for hydroxylation is 2. The van der Waals surface area contributed by atoms with Crippen molar-refractivity contribution in [3.8, 4) is 10.6 Å². The van der Waals surface area contributed by atoms with Crippen LogP contribution in [-0.4, -0.2) is 47.5 Å². The maximum Gasteiger partial charge on any atom is 0.324 e. The fraction of sp³-hybridized carbons (Fsp3) is 0.333. The summed E-state index contributed by atoms with van der Waals surface area (Å²) in [5.74, 6) is -0.686. The minimum atomic E-state index is -3.95. The second-order valence-electron chi connectivity index (χ2n) is 7.49. The summed E-state index contributed by atoms with van der Waals surface area (Å²) >= 11 is 3.03. The zero-order valence-electron chi connectivity index (χ0n) is 17.0. The van der Waals surface area contributed by atoms with Gasteiger partial charge in [-0.25, -0.2) is 13.4 Å². The first kappa shape index (κ1) is 22.1. The Morgan fingerprint density at radius 1 is 1.26 bits per heavy atom. The summed E-state index contributed by atoms with van der Waals surface area (Å²) in [6.45, 7) is 3.53. The summed E-state index contributed by atoms with van der Waals surface area (Å²) in [7, 11) is -3.95. The van der Waals surface area contributed by atoms with E-state index in [4.69, 9.17) is 4.74 Å². The van der Waals surface area contributed by atoms with E-state index in [-0.39, 0.29) is 24.5 Å². The van der Waals surface area contributed by atoms with Crippen LogP contribution in [0.1, 0.15) is 23.2 Å². The van der Waals surface area contributed by atoms with Crippen molar-refractivity contribution in [3.63, 3.8) is 0 Å². The van der Waals surface area contributed by atoms with Gasteiger partial charge in [0, 0.05) is 29.3 Å². The van der Waals surface area contributed by atoms with Crippen LogP contribution in [0.5, 0.6) is 0 Å². The monoisotopic (exact) mass is 478 g/mol. The fourth-order valence-corrected chi connectivity index (χ4v) is 6.64. The number of nitrogens with zero attached hydrogens (tertiary/aromatic N) is 2. The molecule has 0 saturated carbocycles. The van der Waals surface area contributed by atoms with E-state index in [1.807, 2.05) is 36.1 Å². The molecule has 0 aliphatic carbocycles. The Hall–Kier alpha value is -2.11. The molecule has 31 heavy (non-hydrogen) atoms. The van der Waals surface area contributed by atoms with Crippen LogP contribution in [0.2, 0.25) is 0 Å². The number of carbonyl (C=O) groups excluding carboxylic acids is 1. The number of benzene rings is 1. The maximum absolute atomic E-state index is 13.2. The van der Waals surface area contributed by atoms with Crippen LogP contribution >= 0.6 is 22.7 Å². The summed E-state index contributed by atoms with van der Waals surface area (Å²) in [5.41, 5.74) is 3.42. The number of carbonyl (C=O) groups is 1. The van der Waals surface area contributed by atoms with Crippen LogP contribution in [0.3, 0.4) is 0 Å². The largest absolute Gasteiger partial charge is 0.458 e. The van der Waals surface area contributed by atoms with Gasteiger partial charge in [0.25, 0.3) is 0 Å². The Balaban J connectivity index is 1.48. The van der Waals surface area contributed by atoms with E-state index >= 15 is 0 Å². The molecule has 2 aromatic heterocycles. The lowest BCUT2D eigenvalue weighted by Gasteiger charge is -2.22. The van der Waals surface area contributed by atoms with Gasteiger partial charge >= 0.3 is 5.97 Å². The first-order valence-electron chi connectivity index (χ1n) is 9.66. The predicted octanol–water partition coefficient (Wildman–Crippen LogP) is 3.36. The van der Waals surface area contributed by atoms with Crippen molar-refractivity contribution in [2.45, 2.75) is 43.9 Å².